The average Bonchev–Trinajstić information content (AvgIpc) is 3.30. The molecule has 2 heterocycles. The van der Waals surface area contributed by atoms with Crippen molar-refractivity contribution in [3.05, 3.63) is 58.3 Å². The van der Waals surface area contributed by atoms with E-state index < -0.39 is 0 Å². The van der Waals surface area contributed by atoms with Gasteiger partial charge in [-0.25, -0.2) is 0 Å². The van der Waals surface area contributed by atoms with Gasteiger partial charge in [0.05, 0.1) is 6.54 Å². The SMILES string of the molecule is CCNC(=NCC1(NC(C)c2ccccc2)CCOCC1)N(C)CCc1cccs1.I. The summed E-state index contributed by atoms with van der Waals surface area (Å²) in [5.41, 5.74) is 1.27. The molecular weight excluding hydrogens is 519 g/mol. The number of nitrogens with zero attached hydrogens (tertiary/aromatic N) is 2. The standard InChI is InChI=1S/C24H36N4OS.HI/c1-4-25-23(28(3)15-12-22-11-8-18-30-22)26-19-24(13-16-29-17-14-24)27-20(2)21-9-6-5-7-10-21;/h5-11,18,20,27H,4,12-17,19H2,1-3H3,(H,25,26);1H. The Kier molecular flexibility index (Phi) is 11.3. The average molecular weight is 557 g/mol. The number of guanidine groups is 1. The van der Waals surface area contributed by atoms with Crippen molar-refractivity contribution < 1.29 is 4.74 Å². The number of rotatable bonds is 9. The minimum absolute atomic E-state index is 0. The van der Waals surface area contributed by atoms with Gasteiger partial charge in [0, 0.05) is 49.8 Å². The van der Waals surface area contributed by atoms with Gasteiger partial charge in [-0.1, -0.05) is 36.4 Å². The van der Waals surface area contributed by atoms with E-state index in [1.54, 1.807) is 0 Å². The highest BCUT2D eigenvalue weighted by Gasteiger charge is 2.34. The van der Waals surface area contributed by atoms with Crippen LogP contribution in [0.5, 0.6) is 0 Å². The smallest absolute Gasteiger partial charge is 0.193 e. The van der Waals surface area contributed by atoms with E-state index in [1.807, 2.05) is 11.3 Å². The highest BCUT2D eigenvalue weighted by atomic mass is 127. The fourth-order valence-corrected chi connectivity index (χ4v) is 4.63. The lowest BCUT2D eigenvalue weighted by Gasteiger charge is -2.40. The van der Waals surface area contributed by atoms with Crippen molar-refractivity contribution in [2.45, 2.75) is 44.7 Å². The predicted molar refractivity (Wildman–Crippen MR) is 143 cm³/mol. The zero-order valence-electron chi connectivity index (χ0n) is 19.0. The quantitative estimate of drug-likeness (QED) is 0.267. The van der Waals surface area contributed by atoms with Crippen molar-refractivity contribution in [1.29, 1.82) is 0 Å². The van der Waals surface area contributed by atoms with Crippen LogP contribution in [0.3, 0.4) is 0 Å². The monoisotopic (exact) mass is 556 g/mol. The molecule has 1 saturated heterocycles. The molecule has 2 N–H and O–H groups in total. The van der Waals surface area contributed by atoms with Crippen LogP contribution in [-0.2, 0) is 11.2 Å². The number of hydrogen-bond acceptors (Lipinski definition) is 4. The van der Waals surface area contributed by atoms with Gasteiger partial charge in [0.2, 0.25) is 0 Å². The Bertz CT molecular complexity index is 763. The molecular formula is C24H37IN4OS. The van der Waals surface area contributed by atoms with E-state index in [4.69, 9.17) is 9.73 Å². The fourth-order valence-electron chi connectivity index (χ4n) is 3.93. The van der Waals surface area contributed by atoms with E-state index in [0.717, 1.165) is 58.1 Å². The van der Waals surface area contributed by atoms with Crippen LogP contribution >= 0.6 is 35.3 Å². The van der Waals surface area contributed by atoms with Gasteiger partial charge in [0.15, 0.2) is 5.96 Å². The topological polar surface area (TPSA) is 48.9 Å². The molecule has 1 fully saturated rings. The van der Waals surface area contributed by atoms with Gasteiger partial charge in [-0.2, -0.15) is 0 Å². The molecule has 0 aliphatic carbocycles. The van der Waals surface area contributed by atoms with Gasteiger partial charge >= 0.3 is 0 Å². The number of ether oxygens (including phenoxy) is 1. The number of nitrogens with one attached hydrogen (secondary N) is 2. The minimum Gasteiger partial charge on any atom is -0.381 e. The van der Waals surface area contributed by atoms with Gasteiger partial charge in [-0.15, -0.1) is 35.3 Å². The summed E-state index contributed by atoms with van der Waals surface area (Å²) in [5.74, 6) is 0.981. The molecule has 172 valence electrons. The molecule has 0 spiro atoms. The lowest BCUT2D eigenvalue weighted by Crippen LogP contribution is -2.53. The lowest BCUT2D eigenvalue weighted by atomic mass is 9.88. The van der Waals surface area contributed by atoms with Crippen molar-refractivity contribution >= 4 is 41.3 Å². The third-order valence-corrected chi connectivity index (χ3v) is 6.71. The van der Waals surface area contributed by atoms with Gasteiger partial charge in [-0.05, 0) is 50.1 Å². The molecule has 0 radical (unpaired) electrons. The van der Waals surface area contributed by atoms with Crippen molar-refractivity contribution in [1.82, 2.24) is 15.5 Å². The van der Waals surface area contributed by atoms with Crippen molar-refractivity contribution in [3.63, 3.8) is 0 Å². The molecule has 1 aromatic heterocycles. The zero-order chi connectivity index (χ0) is 21.2. The Morgan fingerprint density at radius 1 is 1.19 bits per heavy atom. The van der Waals surface area contributed by atoms with Crippen LogP contribution in [0, 0.1) is 0 Å². The van der Waals surface area contributed by atoms with Crippen molar-refractivity contribution in [2.24, 2.45) is 4.99 Å². The van der Waals surface area contributed by atoms with Gasteiger partial charge < -0.3 is 20.3 Å². The first-order valence-corrected chi connectivity index (χ1v) is 11.9. The van der Waals surface area contributed by atoms with Crippen molar-refractivity contribution in [3.8, 4) is 0 Å². The Labute approximate surface area is 208 Å². The summed E-state index contributed by atoms with van der Waals surface area (Å²) in [6.07, 6.45) is 3.00. The predicted octanol–water partition coefficient (Wildman–Crippen LogP) is 4.71. The molecule has 5 nitrogen and oxygen atoms in total. The second kappa shape index (κ2) is 13.4. The van der Waals surface area contributed by atoms with E-state index in [1.165, 1.54) is 10.4 Å². The van der Waals surface area contributed by atoms with Crippen LogP contribution in [0.2, 0.25) is 0 Å². The first kappa shape index (κ1) is 26.1. The molecule has 1 aromatic carbocycles. The van der Waals surface area contributed by atoms with Crippen LogP contribution in [0.4, 0.5) is 0 Å². The highest BCUT2D eigenvalue weighted by molar-refractivity contribution is 14.0. The number of likely N-dealkylation sites (N-methyl/N-ethyl adjacent to an activating group) is 1. The molecule has 0 bridgehead atoms. The van der Waals surface area contributed by atoms with Gasteiger partial charge in [-0.3, -0.25) is 4.99 Å². The molecule has 1 unspecified atom stereocenters. The second-order valence-corrected chi connectivity index (χ2v) is 9.12. The van der Waals surface area contributed by atoms with E-state index in [2.05, 4.69) is 84.3 Å². The van der Waals surface area contributed by atoms with E-state index >= 15 is 0 Å². The largest absolute Gasteiger partial charge is 0.381 e. The Morgan fingerprint density at radius 2 is 1.94 bits per heavy atom. The summed E-state index contributed by atoms with van der Waals surface area (Å²) in [6.45, 7) is 8.52. The van der Waals surface area contributed by atoms with Crippen LogP contribution < -0.4 is 10.6 Å². The Morgan fingerprint density at radius 3 is 2.58 bits per heavy atom. The van der Waals surface area contributed by atoms with Crippen LogP contribution in [-0.4, -0.2) is 56.3 Å². The normalized spacial score (nSPS) is 16.9. The third kappa shape index (κ3) is 8.04. The molecule has 1 aliphatic heterocycles. The van der Waals surface area contributed by atoms with E-state index in [0.29, 0.717) is 0 Å². The first-order chi connectivity index (χ1) is 14.6. The summed E-state index contributed by atoms with van der Waals surface area (Å²) in [6, 6.07) is 15.3. The Balaban J connectivity index is 0.00000341. The highest BCUT2D eigenvalue weighted by Crippen LogP contribution is 2.26. The van der Waals surface area contributed by atoms with E-state index in [-0.39, 0.29) is 35.6 Å². The third-order valence-electron chi connectivity index (χ3n) is 5.77. The lowest BCUT2D eigenvalue weighted by molar-refractivity contribution is 0.0374. The van der Waals surface area contributed by atoms with Crippen molar-refractivity contribution in [2.75, 3.05) is 39.9 Å². The summed E-state index contributed by atoms with van der Waals surface area (Å²) in [7, 11) is 2.13. The van der Waals surface area contributed by atoms with Crippen LogP contribution in [0.1, 0.15) is 43.2 Å². The zero-order valence-corrected chi connectivity index (χ0v) is 22.1. The first-order valence-electron chi connectivity index (χ1n) is 11.0. The van der Waals surface area contributed by atoms with Gasteiger partial charge in [0.1, 0.15) is 0 Å². The minimum atomic E-state index is -0.0389. The Hall–Kier alpha value is -1.16. The summed E-state index contributed by atoms with van der Waals surface area (Å²) in [4.78, 5) is 8.73. The maximum atomic E-state index is 5.68. The van der Waals surface area contributed by atoms with E-state index in [9.17, 15) is 0 Å². The van der Waals surface area contributed by atoms with Crippen LogP contribution in [0.25, 0.3) is 0 Å². The summed E-state index contributed by atoms with van der Waals surface area (Å²) < 4.78 is 5.68. The molecule has 31 heavy (non-hydrogen) atoms. The second-order valence-electron chi connectivity index (χ2n) is 8.09. The molecule has 0 amide bonds. The number of hydrogen-bond donors (Lipinski definition) is 2. The number of benzene rings is 1. The van der Waals surface area contributed by atoms with Gasteiger partial charge in [0.25, 0.3) is 0 Å². The summed E-state index contributed by atoms with van der Waals surface area (Å²) in [5, 5.41) is 9.52. The summed E-state index contributed by atoms with van der Waals surface area (Å²) >= 11 is 1.82. The molecule has 2 aromatic rings. The fraction of sp³-hybridized carbons (Fsp3) is 0.542. The number of thiophene rings is 1. The molecule has 7 heteroatoms. The molecule has 1 atom stereocenters. The molecule has 0 saturated carbocycles. The molecule has 1 aliphatic rings. The maximum Gasteiger partial charge on any atom is 0.193 e. The maximum absolute atomic E-state index is 5.68. The molecule has 3 rings (SSSR count). The van der Waals surface area contributed by atoms with Crippen LogP contribution in [0.15, 0.2) is 52.8 Å². The number of halogens is 1. The number of aliphatic imine (C=N–C) groups is 1.